The van der Waals surface area contributed by atoms with E-state index in [1.807, 2.05) is 4.90 Å². The molecule has 0 aromatic heterocycles. The van der Waals surface area contributed by atoms with Crippen LogP contribution >= 0.6 is 0 Å². The van der Waals surface area contributed by atoms with E-state index in [0.29, 0.717) is 44.2 Å². The fraction of sp³-hybridized carbons (Fsp3) is 0.611. The van der Waals surface area contributed by atoms with Gasteiger partial charge in [-0.15, -0.1) is 0 Å². The molecule has 1 heterocycles. The van der Waals surface area contributed by atoms with Crippen molar-refractivity contribution in [3.05, 3.63) is 29.6 Å². The van der Waals surface area contributed by atoms with Crippen molar-refractivity contribution in [1.82, 2.24) is 9.80 Å². The van der Waals surface area contributed by atoms with Crippen LogP contribution in [0.4, 0.5) is 4.39 Å². The molecular weight excluding hydrogens is 327 g/mol. The zero-order chi connectivity index (χ0) is 18.4. The molecule has 1 fully saturated rings. The van der Waals surface area contributed by atoms with Gasteiger partial charge in [-0.3, -0.25) is 9.69 Å². The lowest BCUT2D eigenvalue weighted by atomic mass is 9.98. The first-order valence-electron chi connectivity index (χ1n) is 8.27. The molecule has 0 spiro atoms. The summed E-state index contributed by atoms with van der Waals surface area (Å²) >= 11 is 0. The van der Waals surface area contributed by atoms with Crippen molar-refractivity contribution < 1.29 is 23.4 Å². The van der Waals surface area contributed by atoms with E-state index < -0.39 is 5.60 Å². The molecule has 1 aromatic rings. The van der Waals surface area contributed by atoms with Crippen molar-refractivity contribution in [3.63, 3.8) is 0 Å². The summed E-state index contributed by atoms with van der Waals surface area (Å²) in [5.74, 6) is 0.172. The second-order valence-electron chi connectivity index (χ2n) is 6.54. The molecule has 0 N–H and O–H groups in total. The third kappa shape index (κ3) is 4.90. The highest BCUT2D eigenvalue weighted by Gasteiger charge is 2.38. The highest BCUT2D eigenvalue weighted by molar-refractivity contribution is 5.76. The van der Waals surface area contributed by atoms with Crippen molar-refractivity contribution >= 4 is 5.91 Å². The van der Waals surface area contributed by atoms with Crippen molar-refractivity contribution in [1.29, 1.82) is 0 Å². The maximum Gasteiger partial charge on any atom is 0.225 e. The third-order valence-electron chi connectivity index (χ3n) is 4.51. The normalized spacial score (nSPS) is 21.6. The molecule has 6 nitrogen and oxygen atoms in total. The first-order valence-corrected chi connectivity index (χ1v) is 8.27. The Morgan fingerprint density at radius 1 is 1.40 bits per heavy atom. The van der Waals surface area contributed by atoms with Crippen molar-refractivity contribution in [2.24, 2.45) is 0 Å². The first-order chi connectivity index (χ1) is 11.9. The number of benzene rings is 1. The van der Waals surface area contributed by atoms with Gasteiger partial charge in [-0.25, -0.2) is 4.39 Å². The summed E-state index contributed by atoms with van der Waals surface area (Å²) in [5, 5.41) is 0. The Morgan fingerprint density at radius 2 is 2.16 bits per heavy atom. The van der Waals surface area contributed by atoms with E-state index in [-0.39, 0.29) is 18.1 Å². The molecule has 25 heavy (non-hydrogen) atoms. The van der Waals surface area contributed by atoms with Gasteiger partial charge in [0.15, 0.2) is 0 Å². The lowest BCUT2D eigenvalue weighted by molar-refractivity contribution is -0.139. The molecule has 1 atom stereocenters. The Labute approximate surface area is 148 Å². The molecule has 140 valence electrons. The summed E-state index contributed by atoms with van der Waals surface area (Å²) in [6.07, 6.45) is 0.210. The predicted molar refractivity (Wildman–Crippen MR) is 92.1 cm³/mol. The minimum atomic E-state index is -0.754. The Morgan fingerprint density at radius 3 is 2.80 bits per heavy atom. The number of methoxy groups -OCH3 is 2. The Kier molecular flexibility index (Phi) is 6.75. The molecule has 7 heteroatoms. The Hall–Kier alpha value is -1.70. The molecule has 1 aliphatic rings. The summed E-state index contributed by atoms with van der Waals surface area (Å²) in [6, 6.07) is 4.79. The van der Waals surface area contributed by atoms with Gasteiger partial charge in [0.2, 0.25) is 5.91 Å². The minimum absolute atomic E-state index is 0.0317. The van der Waals surface area contributed by atoms with Crippen LogP contribution in [0.3, 0.4) is 0 Å². The van der Waals surface area contributed by atoms with Crippen LogP contribution in [0, 0.1) is 5.82 Å². The zero-order valence-corrected chi connectivity index (χ0v) is 15.4. The number of hydrogen-bond donors (Lipinski definition) is 0. The number of carbonyl (C=O) groups is 1. The van der Waals surface area contributed by atoms with E-state index in [0.717, 1.165) is 0 Å². The van der Waals surface area contributed by atoms with E-state index in [4.69, 9.17) is 14.2 Å². The fourth-order valence-electron chi connectivity index (χ4n) is 2.96. The van der Waals surface area contributed by atoms with Crippen LogP contribution in [0.5, 0.6) is 5.75 Å². The Balaban J connectivity index is 2.20. The second kappa shape index (κ2) is 8.60. The number of amides is 1. The maximum absolute atomic E-state index is 14.3. The number of nitrogens with zero attached hydrogens (tertiary/aromatic N) is 2. The standard InChI is InChI=1S/C18H27FN2O4/c1-20(2)17(22)10-18(24-4)12-21(8-9-25-13-18)11-14-15(19)6-5-7-16(14)23-3/h5-7H,8-13H2,1-4H3/t18-/m1/s1. The smallest absolute Gasteiger partial charge is 0.225 e. The summed E-state index contributed by atoms with van der Waals surface area (Å²) in [5.41, 5.74) is -0.257. The molecule has 1 amide bonds. The molecule has 0 aliphatic carbocycles. The number of ether oxygens (including phenoxy) is 3. The first kappa shape index (κ1) is 19.6. The summed E-state index contributed by atoms with van der Waals surface area (Å²) in [7, 11) is 6.54. The van der Waals surface area contributed by atoms with Crippen LogP contribution in [0.15, 0.2) is 18.2 Å². The van der Waals surface area contributed by atoms with Gasteiger partial charge in [-0.1, -0.05) is 6.07 Å². The topological polar surface area (TPSA) is 51.2 Å². The number of rotatable bonds is 6. The van der Waals surface area contributed by atoms with E-state index >= 15 is 0 Å². The molecule has 0 saturated carbocycles. The molecule has 1 aliphatic heterocycles. The SMILES string of the molecule is COc1cccc(F)c1CN1CCOC[C@](CC(=O)N(C)C)(OC)C1. The molecule has 1 aromatic carbocycles. The average molecular weight is 354 g/mol. The van der Waals surface area contributed by atoms with E-state index in [9.17, 15) is 9.18 Å². The summed E-state index contributed by atoms with van der Waals surface area (Å²) in [4.78, 5) is 15.8. The van der Waals surface area contributed by atoms with Crippen LogP contribution in [-0.2, 0) is 20.8 Å². The van der Waals surface area contributed by atoms with Gasteiger partial charge in [0.25, 0.3) is 0 Å². The summed E-state index contributed by atoms with van der Waals surface area (Å²) < 4.78 is 30.9. The van der Waals surface area contributed by atoms with Gasteiger partial charge in [-0.05, 0) is 12.1 Å². The highest BCUT2D eigenvalue weighted by atomic mass is 19.1. The van der Waals surface area contributed by atoms with Gasteiger partial charge >= 0.3 is 0 Å². The van der Waals surface area contributed by atoms with E-state index in [1.165, 1.54) is 18.1 Å². The quantitative estimate of drug-likeness (QED) is 0.776. The average Bonchev–Trinajstić information content (AvgIpc) is 2.79. The molecule has 0 radical (unpaired) electrons. The van der Waals surface area contributed by atoms with Crippen molar-refractivity contribution in [2.75, 3.05) is 54.6 Å². The fourth-order valence-corrected chi connectivity index (χ4v) is 2.96. The Bertz CT molecular complexity index is 596. The van der Waals surface area contributed by atoms with Crippen molar-refractivity contribution in [2.45, 2.75) is 18.6 Å². The maximum atomic E-state index is 14.3. The second-order valence-corrected chi connectivity index (χ2v) is 6.54. The number of hydrogen-bond acceptors (Lipinski definition) is 5. The van der Waals surface area contributed by atoms with Crippen LogP contribution in [0.1, 0.15) is 12.0 Å². The number of carbonyl (C=O) groups excluding carboxylic acids is 1. The van der Waals surface area contributed by atoms with Crippen molar-refractivity contribution in [3.8, 4) is 5.75 Å². The van der Waals surface area contributed by atoms with Gasteiger partial charge in [0.1, 0.15) is 17.2 Å². The van der Waals surface area contributed by atoms with E-state index in [2.05, 4.69) is 0 Å². The molecule has 2 rings (SSSR count). The van der Waals surface area contributed by atoms with Crippen LogP contribution < -0.4 is 4.74 Å². The van der Waals surface area contributed by atoms with Gasteiger partial charge in [0.05, 0.1) is 26.7 Å². The lowest BCUT2D eigenvalue weighted by Gasteiger charge is -2.34. The number of halogens is 1. The molecule has 1 saturated heterocycles. The lowest BCUT2D eigenvalue weighted by Crippen LogP contribution is -2.48. The minimum Gasteiger partial charge on any atom is -0.496 e. The largest absolute Gasteiger partial charge is 0.496 e. The van der Waals surface area contributed by atoms with E-state index in [1.54, 1.807) is 33.3 Å². The molecule has 0 bridgehead atoms. The predicted octanol–water partition coefficient (Wildman–Crippen LogP) is 1.53. The zero-order valence-electron chi connectivity index (χ0n) is 15.4. The van der Waals surface area contributed by atoms with Crippen LogP contribution in [0.25, 0.3) is 0 Å². The molecular formula is C18H27FN2O4. The van der Waals surface area contributed by atoms with Gasteiger partial charge < -0.3 is 19.1 Å². The summed E-state index contributed by atoms with van der Waals surface area (Å²) in [6.45, 7) is 2.28. The van der Waals surface area contributed by atoms with Crippen LogP contribution in [-0.4, -0.2) is 75.9 Å². The van der Waals surface area contributed by atoms with Gasteiger partial charge in [0, 0.05) is 46.4 Å². The van der Waals surface area contributed by atoms with Gasteiger partial charge in [-0.2, -0.15) is 0 Å². The molecule has 0 unspecified atom stereocenters. The third-order valence-corrected chi connectivity index (χ3v) is 4.51. The van der Waals surface area contributed by atoms with Crippen LogP contribution in [0.2, 0.25) is 0 Å². The monoisotopic (exact) mass is 354 g/mol. The highest BCUT2D eigenvalue weighted by Crippen LogP contribution is 2.27.